The lowest BCUT2D eigenvalue weighted by Crippen LogP contribution is -2.52. The predicted octanol–water partition coefficient (Wildman–Crippen LogP) is 3.06. The lowest BCUT2D eigenvalue weighted by molar-refractivity contribution is -0.137. The van der Waals surface area contributed by atoms with E-state index < -0.39 is 11.7 Å². The van der Waals surface area contributed by atoms with Gasteiger partial charge in [-0.15, -0.1) is 12.4 Å². The van der Waals surface area contributed by atoms with Crippen molar-refractivity contribution in [1.82, 2.24) is 5.32 Å². The number of benzene rings is 1. The Labute approximate surface area is 133 Å². The number of nitrogens with one attached hydrogen (secondary N) is 1. The van der Waals surface area contributed by atoms with Gasteiger partial charge in [0.2, 0.25) is 5.91 Å². The third-order valence-electron chi connectivity index (χ3n) is 3.97. The Bertz CT molecular complexity index is 514. The second-order valence-electron chi connectivity index (χ2n) is 5.61. The number of rotatable bonds is 4. The number of carbonyl (C=O) groups is 1. The minimum Gasteiger partial charge on any atom is -0.349 e. The van der Waals surface area contributed by atoms with E-state index in [-0.39, 0.29) is 30.3 Å². The monoisotopic (exact) mass is 336 g/mol. The summed E-state index contributed by atoms with van der Waals surface area (Å²) in [7, 11) is 0. The number of hydrogen-bond donors (Lipinski definition) is 2. The fraction of sp³-hybridized carbons (Fsp3) is 0.533. The molecule has 1 saturated carbocycles. The number of alkyl halides is 3. The van der Waals surface area contributed by atoms with E-state index in [9.17, 15) is 18.0 Å². The molecule has 22 heavy (non-hydrogen) atoms. The summed E-state index contributed by atoms with van der Waals surface area (Å²) >= 11 is 0. The van der Waals surface area contributed by atoms with Crippen molar-refractivity contribution in [3.63, 3.8) is 0 Å². The summed E-state index contributed by atoms with van der Waals surface area (Å²) in [6.45, 7) is 0.362. The quantitative estimate of drug-likeness (QED) is 0.888. The second-order valence-corrected chi connectivity index (χ2v) is 5.61. The van der Waals surface area contributed by atoms with Crippen LogP contribution >= 0.6 is 12.4 Å². The summed E-state index contributed by atoms with van der Waals surface area (Å²) in [5, 5.41) is 2.90. The van der Waals surface area contributed by atoms with Crippen molar-refractivity contribution in [3.8, 4) is 0 Å². The molecule has 0 heterocycles. The number of nitrogens with two attached hydrogens (primary N) is 1. The van der Waals surface area contributed by atoms with Crippen LogP contribution in [0.25, 0.3) is 0 Å². The van der Waals surface area contributed by atoms with Crippen molar-refractivity contribution in [2.24, 2.45) is 5.73 Å². The average Bonchev–Trinajstić information content (AvgIpc) is 2.87. The second kappa shape index (κ2) is 7.33. The highest BCUT2D eigenvalue weighted by Gasteiger charge is 2.34. The maximum Gasteiger partial charge on any atom is 0.416 e. The first-order valence-corrected chi connectivity index (χ1v) is 7.02. The number of halogens is 4. The van der Waals surface area contributed by atoms with Crippen LogP contribution in [0.5, 0.6) is 0 Å². The highest BCUT2D eigenvalue weighted by atomic mass is 35.5. The molecule has 1 amide bonds. The zero-order chi connectivity index (χ0) is 15.5. The number of amides is 1. The van der Waals surface area contributed by atoms with Crippen molar-refractivity contribution in [3.05, 3.63) is 35.4 Å². The van der Waals surface area contributed by atoms with Crippen molar-refractivity contribution in [2.75, 3.05) is 6.54 Å². The molecule has 1 aromatic carbocycles. The molecule has 3 nitrogen and oxygen atoms in total. The van der Waals surface area contributed by atoms with E-state index in [0.29, 0.717) is 12.1 Å². The third-order valence-corrected chi connectivity index (χ3v) is 3.97. The zero-order valence-electron chi connectivity index (χ0n) is 12.1. The van der Waals surface area contributed by atoms with Crippen molar-refractivity contribution in [2.45, 2.75) is 43.8 Å². The van der Waals surface area contributed by atoms with E-state index in [1.165, 1.54) is 12.1 Å². The van der Waals surface area contributed by atoms with Crippen LogP contribution in [0, 0.1) is 0 Å². The molecule has 0 unspecified atom stereocenters. The normalized spacial score (nSPS) is 16.9. The molecule has 1 fully saturated rings. The van der Waals surface area contributed by atoms with Crippen LogP contribution in [0.4, 0.5) is 13.2 Å². The maximum atomic E-state index is 12.6. The summed E-state index contributed by atoms with van der Waals surface area (Å²) < 4.78 is 37.9. The Morgan fingerprint density at radius 3 is 2.45 bits per heavy atom. The first-order valence-electron chi connectivity index (χ1n) is 7.02. The van der Waals surface area contributed by atoms with Gasteiger partial charge in [-0.2, -0.15) is 13.2 Å². The van der Waals surface area contributed by atoms with Gasteiger partial charge in [-0.05, 0) is 24.5 Å². The Kier molecular flexibility index (Phi) is 6.26. The van der Waals surface area contributed by atoms with Gasteiger partial charge in [-0.25, -0.2) is 0 Å². The minimum absolute atomic E-state index is 0. The predicted molar refractivity (Wildman–Crippen MR) is 80.8 cm³/mol. The van der Waals surface area contributed by atoms with Gasteiger partial charge >= 0.3 is 6.18 Å². The molecule has 0 spiro atoms. The lowest BCUT2D eigenvalue weighted by Gasteiger charge is -2.28. The maximum absolute atomic E-state index is 12.6. The highest BCUT2D eigenvalue weighted by Crippen LogP contribution is 2.30. The molecule has 1 aromatic rings. The molecule has 2 rings (SSSR count). The van der Waals surface area contributed by atoms with E-state index >= 15 is 0 Å². The van der Waals surface area contributed by atoms with E-state index in [2.05, 4.69) is 5.32 Å². The van der Waals surface area contributed by atoms with Crippen LogP contribution in [0.3, 0.4) is 0 Å². The molecule has 0 aromatic heterocycles. The molecule has 0 bridgehead atoms. The molecule has 3 N–H and O–H groups in total. The zero-order valence-corrected chi connectivity index (χ0v) is 12.9. The summed E-state index contributed by atoms with van der Waals surface area (Å²) in [6.07, 6.45) is -0.764. The van der Waals surface area contributed by atoms with Gasteiger partial charge in [0.15, 0.2) is 0 Å². The van der Waals surface area contributed by atoms with Crippen LogP contribution in [-0.2, 0) is 17.4 Å². The van der Waals surface area contributed by atoms with E-state index in [1.54, 1.807) is 0 Å². The van der Waals surface area contributed by atoms with Gasteiger partial charge in [-0.3, -0.25) is 4.79 Å². The van der Waals surface area contributed by atoms with Crippen LogP contribution in [0.2, 0.25) is 0 Å². The van der Waals surface area contributed by atoms with Crippen LogP contribution in [0.15, 0.2) is 24.3 Å². The first kappa shape index (κ1) is 18.8. The first-order chi connectivity index (χ1) is 9.85. The fourth-order valence-electron chi connectivity index (χ4n) is 2.81. The van der Waals surface area contributed by atoms with Gasteiger partial charge in [0.05, 0.1) is 17.5 Å². The van der Waals surface area contributed by atoms with Gasteiger partial charge in [-0.1, -0.05) is 31.0 Å². The number of hydrogen-bond acceptors (Lipinski definition) is 2. The Hall–Kier alpha value is -1.27. The molecule has 0 aliphatic heterocycles. The Morgan fingerprint density at radius 1 is 1.27 bits per heavy atom. The minimum atomic E-state index is -4.39. The molecule has 1 aliphatic carbocycles. The summed E-state index contributed by atoms with van der Waals surface area (Å²) in [4.78, 5) is 12.0. The van der Waals surface area contributed by atoms with Crippen molar-refractivity contribution >= 4 is 18.3 Å². The van der Waals surface area contributed by atoms with Crippen LogP contribution in [-0.4, -0.2) is 18.0 Å². The number of carbonyl (C=O) groups excluding carboxylic acids is 1. The largest absolute Gasteiger partial charge is 0.416 e. The van der Waals surface area contributed by atoms with Crippen molar-refractivity contribution in [1.29, 1.82) is 0 Å². The standard InChI is InChI=1S/C15H19F3N2O.ClH/c16-15(17,18)12-5-3-4-11(8-12)9-13(21)20-14(10-19)6-1-2-7-14;/h3-5,8H,1-2,6-7,9-10,19H2,(H,20,21);1H. The Balaban J connectivity index is 0.00000242. The SMILES string of the molecule is Cl.NCC1(NC(=O)Cc2cccc(C(F)(F)F)c2)CCCC1. The van der Waals surface area contributed by atoms with Gasteiger partial charge in [0, 0.05) is 6.54 Å². The fourth-order valence-corrected chi connectivity index (χ4v) is 2.81. The molecule has 0 saturated heterocycles. The highest BCUT2D eigenvalue weighted by molar-refractivity contribution is 5.85. The third kappa shape index (κ3) is 4.61. The van der Waals surface area contributed by atoms with Crippen LogP contribution in [0.1, 0.15) is 36.8 Å². The topological polar surface area (TPSA) is 55.1 Å². The van der Waals surface area contributed by atoms with E-state index in [1.807, 2.05) is 0 Å². The van der Waals surface area contributed by atoms with Gasteiger partial charge in [0.25, 0.3) is 0 Å². The molecular weight excluding hydrogens is 317 g/mol. The van der Waals surface area contributed by atoms with Gasteiger partial charge in [0.1, 0.15) is 0 Å². The van der Waals surface area contributed by atoms with Gasteiger partial charge < -0.3 is 11.1 Å². The Morgan fingerprint density at radius 2 is 1.91 bits per heavy atom. The molecule has 1 aliphatic rings. The average molecular weight is 337 g/mol. The summed E-state index contributed by atoms with van der Waals surface area (Å²) in [6, 6.07) is 4.86. The molecule has 0 radical (unpaired) electrons. The molecule has 7 heteroatoms. The van der Waals surface area contributed by atoms with E-state index in [4.69, 9.17) is 5.73 Å². The molecule has 124 valence electrons. The van der Waals surface area contributed by atoms with Crippen molar-refractivity contribution < 1.29 is 18.0 Å². The molecular formula is C15H20ClF3N2O. The van der Waals surface area contributed by atoms with E-state index in [0.717, 1.165) is 37.8 Å². The smallest absolute Gasteiger partial charge is 0.349 e. The van der Waals surface area contributed by atoms with Crippen LogP contribution < -0.4 is 11.1 Å². The molecule has 0 atom stereocenters. The summed E-state index contributed by atoms with van der Waals surface area (Å²) in [5.41, 5.74) is 4.97. The lowest BCUT2D eigenvalue weighted by atomic mass is 9.97. The summed E-state index contributed by atoms with van der Waals surface area (Å²) in [5.74, 6) is -0.276.